The standard InChI is InChI=1S/C13H21NO3/c1-3-9(2)13(16)17-8-10-4-6-14-7-5-11(15)12(10)14/h3,10-12,15H,4-8H2,1-2H3/b9-3+/t10-,11-,12?/m1/s1. The van der Waals surface area contributed by atoms with E-state index in [1.54, 1.807) is 13.0 Å². The lowest BCUT2D eigenvalue weighted by molar-refractivity contribution is -0.140. The van der Waals surface area contributed by atoms with Crippen LogP contribution in [0.15, 0.2) is 11.6 Å². The van der Waals surface area contributed by atoms with E-state index in [1.165, 1.54) is 0 Å². The molecule has 2 heterocycles. The van der Waals surface area contributed by atoms with Gasteiger partial charge < -0.3 is 9.84 Å². The first-order valence-corrected chi connectivity index (χ1v) is 6.35. The Balaban J connectivity index is 1.86. The predicted molar refractivity (Wildman–Crippen MR) is 64.5 cm³/mol. The van der Waals surface area contributed by atoms with Crippen molar-refractivity contribution < 1.29 is 14.6 Å². The van der Waals surface area contributed by atoms with E-state index in [0.717, 1.165) is 25.9 Å². The normalized spacial score (nSPS) is 33.8. The van der Waals surface area contributed by atoms with Crippen molar-refractivity contribution in [2.75, 3.05) is 19.7 Å². The number of esters is 1. The third-order valence-corrected chi connectivity index (χ3v) is 3.98. The Kier molecular flexibility index (Phi) is 3.84. The van der Waals surface area contributed by atoms with Crippen molar-refractivity contribution in [1.29, 1.82) is 0 Å². The highest BCUT2D eigenvalue weighted by Crippen LogP contribution is 2.33. The Bertz CT molecular complexity index is 327. The van der Waals surface area contributed by atoms with Gasteiger partial charge in [-0.1, -0.05) is 6.08 Å². The highest BCUT2D eigenvalue weighted by Gasteiger charge is 2.43. The third kappa shape index (κ3) is 2.53. The second-order valence-corrected chi connectivity index (χ2v) is 5.00. The van der Waals surface area contributed by atoms with Crippen LogP contribution >= 0.6 is 0 Å². The minimum absolute atomic E-state index is 0.203. The van der Waals surface area contributed by atoms with E-state index in [9.17, 15) is 9.90 Å². The minimum Gasteiger partial charge on any atom is -0.462 e. The number of carbonyl (C=O) groups is 1. The molecule has 0 amide bonds. The summed E-state index contributed by atoms with van der Waals surface area (Å²) in [5, 5.41) is 9.90. The van der Waals surface area contributed by atoms with E-state index < -0.39 is 0 Å². The van der Waals surface area contributed by atoms with Crippen molar-refractivity contribution in [2.24, 2.45) is 5.92 Å². The molecule has 96 valence electrons. The lowest BCUT2D eigenvalue weighted by atomic mass is 9.97. The Morgan fingerprint density at radius 3 is 2.88 bits per heavy atom. The average Bonchev–Trinajstić information content (AvgIpc) is 2.89. The molecular formula is C13H21NO3. The second-order valence-electron chi connectivity index (χ2n) is 5.00. The molecule has 1 N–H and O–H groups in total. The van der Waals surface area contributed by atoms with E-state index in [1.807, 2.05) is 6.92 Å². The fraction of sp³-hybridized carbons (Fsp3) is 0.769. The molecule has 4 heteroatoms. The summed E-state index contributed by atoms with van der Waals surface area (Å²) < 4.78 is 5.29. The molecule has 17 heavy (non-hydrogen) atoms. The molecule has 0 saturated carbocycles. The monoisotopic (exact) mass is 239 g/mol. The van der Waals surface area contributed by atoms with E-state index in [-0.39, 0.29) is 18.1 Å². The minimum atomic E-state index is -0.246. The van der Waals surface area contributed by atoms with Crippen molar-refractivity contribution in [3.63, 3.8) is 0 Å². The first-order valence-electron chi connectivity index (χ1n) is 6.35. The molecule has 0 aromatic heterocycles. The number of allylic oxidation sites excluding steroid dienone is 1. The summed E-state index contributed by atoms with van der Waals surface area (Å²) in [6.45, 7) is 6.02. The van der Waals surface area contributed by atoms with Crippen molar-refractivity contribution in [2.45, 2.75) is 38.8 Å². The lowest BCUT2D eigenvalue weighted by Crippen LogP contribution is -2.36. The molecule has 0 bridgehead atoms. The largest absolute Gasteiger partial charge is 0.462 e. The first-order chi connectivity index (χ1) is 8.13. The molecule has 0 radical (unpaired) electrons. The molecule has 1 unspecified atom stereocenters. The number of carbonyl (C=O) groups excluding carboxylic acids is 1. The number of hydrogen-bond donors (Lipinski definition) is 1. The van der Waals surface area contributed by atoms with Gasteiger partial charge in [-0.25, -0.2) is 4.79 Å². The van der Waals surface area contributed by atoms with Crippen molar-refractivity contribution in [3.05, 3.63) is 11.6 Å². The molecule has 2 rings (SSSR count). The number of fused-ring (bicyclic) bond motifs is 1. The van der Waals surface area contributed by atoms with Crippen LogP contribution in [0.4, 0.5) is 0 Å². The Hall–Kier alpha value is -0.870. The molecule has 0 aromatic carbocycles. The van der Waals surface area contributed by atoms with Gasteiger partial charge in [0.25, 0.3) is 0 Å². The highest BCUT2D eigenvalue weighted by molar-refractivity contribution is 5.87. The van der Waals surface area contributed by atoms with Crippen LogP contribution < -0.4 is 0 Å². The van der Waals surface area contributed by atoms with E-state index in [2.05, 4.69) is 4.90 Å². The Morgan fingerprint density at radius 2 is 2.18 bits per heavy atom. The molecule has 0 aliphatic carbocycles. The fourth-order valence-corrected chi connectivity index (χ4v) is 2.83. The summed E-state index contributed by atoms with van der Waals surface area (Å²) >= 11 is 0. The van der Waals surface area contributed by atoms with Crippen LogP contribution in [-0.4, -0.2) is 47.8 Å². The first kappa shape index (κ1) is 12.6. The van der Waals surface area contributed by atoms with Crippen LogP contribution in [-0.2, 0) is 9.53 Å². The number of ether oxygens (including phenoxy) is 1. The zero-order valence-corrected chi connectivity index (χ0v) is 10.6. The summed E-state index contributed by atoms with van der Waals surface area (Å²) in [5.41, 5.74) is 0.645. The maximum absolute atomic E-state index is 11.5. The molecule has 0 aromatic rings. The summed E-state index contributed by atoms with van der Waals surface area (Å²) in [5.74, 6) is 0.0551. The van der Waals surface area contributed by atoms with Gasteiger partial charge in [0.15, 0.2) is 0 Å². The van der Waals surface area contributed by atoms with Gasteiger partial charge in [-0.2, -0.15) is 0 Å². The number of hydrogen-bond acceptors (Lipinski definition) is 4. The molecule has 0 spiro atoms. The summed E-state index contributed by atoms with van der Waals surface area (Å²) in [6, 6.07) is 0.203. The number of aliphatic hydroxyl groups excluding tert-OH is 1. The average molecular weight is 239 g/mol. The maximum Gasteiger partial charge on any atom is 0.333 e. The van der Waals surface area contributed by atoms with Crippen LogP contribution in [0, 0.1) is 5.92 Å². The van der Waals surface area contributed by atoms with Crippen LogP contribution in [0.5, 0.6) is 0 Å². The summed E-state index contributed by atoms with van der Waals surface area (Å²) in [6.07, 6.45) is 3.38. The van der Waals surface area contributed by atoms with Crippen molar-refractivity contribution >= 4 is 5.97 Å². The molecule has 2 saturated heterocycles. The molecule has 2 aliphatic heterocycles. The summed E-state index contributed by atoms with van der Waals surface area (Å²) in [7, 11) is 0. The van der Waals surface area contributed by atoms with Crippen LogP contribution in [0.3, 0.4) is 0 Å². The van der Waals surface area contributed by atoms with Gasteiger partial charge >= 0.3 is 5.97 Å². The molecule has 2 aliphatic rings. The van der Waals surface area contributed by atoms with Gasteiger partial charge in [0.1, 0.15) is 0 Å². The number of aliphatic hydroxyl groups is 1. The van der Waals surface area contributed by atoms with Gasteiger partial charge in [-0.3, -0.25) is 4.90 Å². The zero-order valence-electron chi connectivity index (χ0n) is 10.6. The van der Waals surface area contributed by atoms with Gasteiger partial charge in [0.2, 0.25) is 0 Å². The second kappa shape index (κ2) is 5.19. The summed E-state index contributed by atoms with van der Waals surface area (Å²) in [4.78, 5) is 13.8. The predicted octanol–water partition coefficient (Wildman–Crippen LogP) is 0.951. The van der Waals surface area contributed by atoms with E-state index >= 15 is 0 Å². The van der Waals surface area contributed by atoms with Gasteiger partial charge in [0, 0.05) is 24.1 Å². The van der Waals surface area contributed by atoms with Crippen LogP contribution in [0.1, 0.15) is 26.7 Å². The van der Waals surface area contributed by atoms with Crippen molar-refractivity contribution in [3.8, 4) is 0 Å². The fourth-order valence-electron chi connectivity index (χ4n) is 2.83. The van der Waals surface area contributed by atoms with E-state index in [0.29, 0.717) is 18.1 Å². The lowest BCUT2D eigenvalue weighted by Gasteiger charge is -2.22. The van der Waals surface area contributed by atoms with E-state index in [4.69, 9.17) is 4.74 Å². The van der Waals surface area contributed by atoms with Gasteiger partial charge in [-0.15, -0.1) is 0 Å². The van der Waals surface area contributed by atoms with Crippen LogP contribution in [0.2, 0.25) is 0 Å². The number of nitrogens with zero attached hydrogens (tertiary/aromatic N) is 1. The maximum atomic E-state index is 11.5. The Morgan fingerprint density at radius 1 is 1.47 bits per heavy atom. The topological polar surface area (TPSA) is 49.8 Å². The SMILES string of the molecule is C/C=C(\C)C(=O)OC[C@H]1CCN2CC[C@@H](O)C12. The molecular weight excluding hydrogens is 218 g/mol. The quantitative estimate of drug-likeness (QED) is 0.588. The van der Waals surface area contributed by atoms with Gasteiger partial charge in [-0.05, 0) is 33.2 Å². The number of rotatable bonds is 3. The zero-order chi connectivity index (χ0) is 12.4. The smallest absolute Gasteiger partial charge is 0.333 e. The Labute approximate surface area is 102 Å². The highest BCUT2D eigenvalue weighted by atomic mass is 16.5. The molecule has 4 nitrogen and oxygen atoms in total. The van der Waals surface area contributed by atoms with Crippen LogP contribution in [0.25, 0.3) is 0 Å². The third-order valence-electron chi connectivity index (χ3n) is 3.98. The van der Waals surface area contributed by atoms with Crippen molar-refractivity contribution in [1.82, 2.24) is 4.90 Å². The molecule has 3 atom stereocenters. The molecule has 2 fully saturated rings. The van der Waals surface area contributed by atoms with Gasteiger partial charge in [0.05, 0.1) is 12.7 Å².